The van der Waals surface area contributed by atoms with Gasteiger partial charge in [-0.3, -0.25) is 4.79 Å². The number of hydrogen-bond acceptors (Lipinski definition) is 2. The van der Waals surface area contributed by atoms with Gasteiger partial charge in [0, 0.05) is 10.4 Å². The molecule has 1 amide bonds. The first-order chi connectivity index (χ1) is 10.2. The van der Waals surface area contributed by atoms with Gasteiger partial charge in [-0.2, -0.15) is 5.10 Å². The Labute approximate surface area is 132 Å². The summed E-state index contributed by atoms with van der Waals surface area (Å²) in [6.45, 7) is 0. The summed E-state index contributed by atoms with van der Waals surface area (Å²) in [6, 6.07) is 17.9. The van der Waals surface area contributed by atoms with Gasteiger partial charge in [-0.25, -0.2) is 5.43 Å². The SMILES string of the molecule is O=C(NN=Cc1ccc(Br)cc1)[C@H]1C[C@H]1c1ccccc1. The topological polar surface area (TPSA) is 41.5 Å². The third-order valence-corrected chi connectivity index (χ3v) is 4.14. The average molecular weight is 343 g/mol. The van der Waals surface area contributed by atoms with Crippen LogP contribution in [0.15, 0.2) is 64.2 Å². The van der Waals surface area contributed by atoms with Gasteiger partial charge in [-0.1, -0.05) is 58.4 Å². The van der Waals surface area contributed by atoms with Crippen molar-refractivity contribution >= 4 is 28.1 Å². The molecule has 2 aromatic carbocycles. The first-order valence-electron chi connectivity index (χ1n) is 6.87. The number of carbonyl (C=O) groups excluding carboxylic acids is 1. The van der Waals surface area contributed by atoms with Crippen molar-refractivity contribution in [2.24, 2.45) is 11.0 Å². The fourth-order valence-electron chi connectivity index (χ4n) is 2.36. The van der Waals surface area contributed by atoms with Gasteiger partial charge in [0.05, 0.1) is 6.21 Å². The summed E-state index contributed by atoms with van der Waals surface area (Å²) in [5.41, 5.74) is 4.81. The van der Waals surface area contributed by atoms with E-state index in [9.17, 15) is 4.79 Å². The number of amides is 1. The monoisotopic (exact) mass is 342 g/mol. The predicted octanol–water partition coefficient (Wildman–Crippen LogP) is 3.70. The molecule has 1 aliphatic rings. The van der Waals surface area contributed by atoms with Crippen molar-refractivity contribution < 1.29 is 4.79 Å². The number of carbonyl (C=O) groups is 1. The number of hydrazone groups is 1. The molecule has 0 aliphatic heterocycles. The maximum absolute atomic E-state index is 12.0. The molecule has 0 unspecified atom stereocenters. The molecule has 0 bridgehead atoms. The van der Waals surface area contributed by atoms with E-state index in [-0.39, 0.29) is 11.8 Å². The number of rotatable bonds is 4. The second kappa shape index (κ2) is 6.22. The van der Waals surface area contributed by atoms with Crippen LogP contribution in [0.5, 0.6) is 0 Å². The fraction of sp³-hybridized carbons (Fsp3) is 0.176. The van der Waals surface area contributed by atoms with Crippen molar-refractivity contribution in [1.82, 2.24) is 5.43 Å². The molecule has 3 nitrogen and oxygen atoms in total. The molecule has 0 aromatic heterocycles. The summed E-state index contributed by atoms with van der Waals surface area (Å²) in [6.07, 6.45) is 2.56. The summed E-state index contributed by atoms with van der Waals surface area (Å²) >= 11 is 3.38. The van der Waals surface area contributed by atoms with Gasteiger partial charge in [-0.05, 0) is 35.6 Å². The van der Waals surface area contributed by atoms with Crippen LogP contribution >= 0.6 is 15.9 Å². The Kier molecular flexibility index (Phi) is 4.15. The van der Waals surface area contributed by atoms with Crippen molar-refractivity contribution in [1.29, 1.82) is 0 Å². The van der Waals surface area contributed by atoms with E-state index in [1.165, 1.54) is 5.56 Å². The first kappa shape index (κ1) is 14.0. The highest BCUT2D eigenvalue weighted by molar-refractivity contribution is 9.10. The minimum Gasteiger partial charge on any atom is -0.273 e. The van der Waals surface area contributed by atoms with Crippen LogP contribution in [-0.2, 0) is 4.79 Å². The molecule has 0 spiro atoms. The number of halogens is 1. The van der Waals surface area contributed by atoms with E-state index in [1.54, 1.807) is 6.21 Å². The van der Waals surface area contributed by atoms with Gasteiger partial charge in [0.15, 0.2) is 0 Å². The van der Waals surface area contributed by atoms with Crippen LogP contribution in [0.25, 0.3) is 0 Å². The van der Waals surface area contributed by atoms with Crippen LogP contribution in [0.3, 0.4) is 0 Å². The summed E-state index contributed by atoms with van der Waals surface area (Å²) in [5, 5.41) is 4.02. The molecule has 106 valence electrons. The molecule has 2 aromatic rings. The van der Waals surface area contributed by atoms with Gasteiger partial charge in [0.25, 0.3) is 0 Å². The van der Waals surface area contributed by atoms with Crippen LogP contribution in [0.2, 0.25) is 0 Å². The van der Waals surface area contributed by atoms with E-state index < -0.39 is 0 Å². The second-order valence-corrected chi connectivity index (χ2v) is 6.06. The van der Waals surface area contributed by atoms with E-state index in [2.05, 4.69) is 38.6 Å². The van der Waals surface area contributed by atoms with Crippen molar-refractivity contribution in [3.05, 3.63) is 70.2 Å². The lowest BCUT2D eigenvalue weighted by atomic mass is 10.1. The Morgan fingerprint density at radius 3 is 2.57 bits per heavy atom. The number of hydrogen-bond donors (Lipinski definition) is 1. The fourth-order valence-corrected chi connectivity index (χ4v) is 2.62. The quantitative estimate of drug-likeness (QED) is 0.667. The first-order valence-corrected chi connectivity index (χ1v) is 7.67. The lowest BCUT2D eigenvalue weighted by Gasteiger charge is -2.00. The lowest BCUT2D eigenvalue weighted by Crippen LogP contribution is -2.20. The smallest absolute Gasteiger partial charge is 0.243 e. The second-order valence-electron chi connectivity index (χ2n) is 5.15. The summed E-state index contributed by atoms with van der Waals surface area (Å²) in [5.74, 6) is 0.390. The maximum atomic E-state index is 12.0. The molecular weight excluding hydrogens is 328 g/mol. The van der Waals surface area contributed by atoms with Crippen LogP contribution < -0.4 is 5.43 Å². The third-order valence-electron chi connectivity index (χ3n) is 3.61. The van der Waals surface area contributed by atoms with Gasteiger partial charge in [0.1, 0.15) is 0 Å². The summed E-state index contributed by atoms with van der Waals surface area (Å²) in [4.78, 5) is 12.0. The number of nitrogens with zero attached hydrogens (tertiary/aromatic N) is 1. The highest BCUT2D eigenvalue weighted by Crippen LogP contribution is 2.47. The molecular formula is C17H15BrN2O. The molecule has 0 saturated heterocycles. The van der Waals surface area contributed by atoms with Gasteiger partial charge in [-0.15, -0.1) is 0 Å². The molecule has 1 N–H and O–H groups in total. The van der Waals surface area contributed by atoms with Crippen LogP contribution in [0.1, 0.15) is 23.5 Å². The normalized spacial score (nSPS) is 20.4. The third kappa shape index (κ3) is 3.58. The molecule has 2 atom stereocenters. The van der Waals surface area contributed by atoms with E-state index >= 15 is 0 Å². The van der Waals surface area contributed by atoms with E-state index in [0.717, 1.165) is 16.5 Å². The molecule has 0 radical (unpaired) electrons. The molecule has 3 rings (SSSR count). The number of nitrogens with one attached hydrogen (secondary N) is 1. The van der Waals surface area contributed by atoms with Crippen molar-refractivity contribution in [2.45, 2.75) is 12.3 Å². The molecule has 4 heteroatoms. The summed E-state index contributed by atoms with van der Waals surface area (Å²) < 4.78 is 1.02. The standard InChI is InChI=1S/C17H15BrN2O/c18-14-8-6-12(7-9-14)11-19-20-17(21)16-10-15(16)13-4-2-1-3-5-13/h1-9,11,15-16H,10H2,(H,20,21)/t15-,16-/m0/s1. The van der Waals surface area contributed by atoms with E-state index in [0.29, 0.717) is 5.92 Å². The molecule has 1 saturated carbocycles. The zero-order valence-electron chi connectivity index (χ0n) is 11.4. The lowest BCUT2D eigenvalue weighted by molar-refractivity contribution is -0.122. The van der Waals surface area contributed by atoms with Crippen molar-refractivity contribution in [3.63, 3.8) is 0 Å². The zero-order valence-corrected chi connectivity index (χ0v) is 13.0. The van der Waals surface area contributed by atoms with E-state index in [4.69, 9.17) is 0 Å². The van der Waals surface area contributed by atoms with Crippen molar-refractivity contribution in [2.75, 3.05) is 0 Å². The molecule has 1 aliphatic carbocycles. The van der Waals surface area contributed by atoms with Crippen LogP contribution in [0, 0.1) is 5.92 Å². The minimum atomic E-state index is -0.00258. The van der Waals surface area contributed by atoms with E-state index in [1.807, 2.05) is 42.5 Å². The molecule has 1 fully saturated rings. The van der Waals surface area contributed by atoms with Gasteiger partial charge in [0.2, 0.25) is 5.91 Å². The van der Waals surface area contributed by atoms with Crippen LogP contribution in [-0.4, -0.2) is 12.1 Å². The Balaban J connectivity index is 1.53. The Morgan fingerprint density at radius 1 is 1.14 bits per heavy atom. The number of benzene rings is 2. The summed E-state index contributed by atoms with van der Waals surface area (Å²) in [7, 11) is 0. The molecule has 0 heterocycles. The predicted molar refractivity (Wildman–Crippen MR) is 87.2 cm³/mol. The maximum Gasteiger partial charge on any atom is 0.243 e. The molecule has 21 heavy (non-hydrogen) atoms. The van der Waals surface area contributed by atoms with Crippen LogP contribution in [0.4, 0.5) is 0 Å². The highest BCUT2D eigenvalue weighted by atomic mass is 79.9. The average Bonchev–Trinajstić information content (AvgIpc) is 3.31. The Bertz CT molecular complexity index is 652. The Hall–Kier alpha value is -1.94. The zero-order chi connectivity index (χ0) is 14.7. The highest BCUT2D eigenvalue weighted by Gasteiger charge is 2.43. The minimum absolute atomic E-state index is 0.00258. The van der Waals surface area contributed by atoms with Gasteiger partial charge >= 0.3 is 0 Å². The van der Waals surface area contributed by atoms with Crippen molar-refractivity contribution in [3.8, 4) is 0 Å². The Morgan fingerprint density at radius 2 is 1.86 bits per heavy atom. The largest absolute Gasteiger partial charge is 0.273 e. The van der Waals surface area contributed by atoms with Gasteiger partial charge < -0.3 is 0 Å².